The Kier molecular flexibility index (Phi) is 5.36. The maximum Gasteiger partial charge on any atom is 0.0137 e. The van der Waals surface area contributed by atoms with E-state index in [1.807, 2.05) is 0 Å². The molecule has 0 spiro atoms. The molecule has 0 amide bonds. The largest absolute Gasteiger partial charge is 0.314 e. The molecule has 0 atom stereocenters. The summed E-state index contributed by atoms with van der Waals surface area (Å²) in [5, 5.41) is 7.11. The second-order valence-corrected chi connectivity index (χ2v) is 5.21. The second-order valence-electron chi connectivity index (χ2n) is 5.21. The van der Waals surface area contributed by atoms with E-state index in [2.05, 4.69) is 16.7 Å². The van der Waals surface area contributed by atoms with Crippen molar-refractivity contribution in [2.75, 3.05) is 19.6 Å². The highest BCUT2D eigenvalue weighted by atomic mass is 14.9. The first-order chi connectivity index (χ1) is 7.95. The molecular formula is C14H26N2. The molecule has 1 aliphatic carbocycles. The third-order valence-corrected chi connectivity index (χ3v) is 3.89. The highest BCUT2D eigenvalue weighted by molar-refractivity contribution is 5.06. The zero-order valence-corrected chi connectivity index (χ0v) is 10.4. The third kappa shape index (κ3) is 4.26. The van der Waals surface area contributed by atoms with Crippen LogP contribution in [-0.2, 0) is 0 Å². The summed E-state index contributed by atoms with van der Waals surface area (Å²) < 4.78 is 0. The number of hydrogen-bond acceptors (Lipinski definition) is 2. The van der Waals surface area contributed by atoms with Crippen molar-refractivity contribution < 1.29 is 0 Å². The van der Waals surface area contributed by atoms with Crippen LogP contribution < -0.4 is 10.6 Å². The van der Waals surface area contributed by atoms with Crippen molar-refractivity contribution >= 4 is 0 Å². The van der Waals surface area contributed by atoms with E-state index < -0.39 is 0 Å². The minimum atomic E-state index is 0.810. The zero-order valence-electron chi connectivity index (χ0n) is 10.4. The molecule has 0 bridgehead atoms. The van der Waals surface area contributed by atoms with E-state index in [-0.39, 0.29) is 0 Å². The summed E-state index contributed by atoms with van der Waals surface area (Å²) in [7, 11) is 0. The minimum Gasteiger partial charge on any atom is -0.314 e. The van der Waals surface area contributed by atoms with E-state index in [9.17, 15) is 0 Å². The fourth-order valence-corrected chi connectivity index (χ4v) is 2.82. The van der Waals surface area contributed by atoms with Gasteiger partial charge in [-0.25, -0.2) is 0 Å². The summed E-state index contributed by atoms with van der Waals surface area (Å²) in [6, 6.07) is 0.810. The van der Waals surface area contributed by atoms with Gasteiger partial charge in [0.05, 0.1) is 0 Å². The van der Waals surface area contributed by atoms with Gasteiger partial charge in [-0.3, -0.25) is 0 Å². The molecule has 1 heterocycles. The Hall–Kier alpha value is -0.340. The normalized spacial score (nSPS) is 23.9. The van der Waals surface area contributed by atoms with Crippen LogP contribution in [0.4, 0.5) is 0 Å². The maximum atomic E-state index is 3.75. The van der Waals surface area contributed by atoms with Crippen LogP contribution in [0.3, 0.4) is 0 Å². The van der Waals surface area contributed by atoms with Crippen LogP contribution in [0.5, 0.6) is 0 Å². The van der Waals surface area contributed by atoms with E-state index in [1.54, 1.807) is 5.57 Å². The fraction of sp³-hybridized carbons (Fsp3) is 0.857. The molecule has 2 aliphatic rings. The maximum absolute atomic E-state index is 3.75. The first-order valence-corrected chi connectivity index (χ1v) is 7.07. The van der Waals surface area contributed by atoms with Gasteiger partial charge < -0.3 is 10.6 Å². The SMILES string of the molecule is C1=C(CCNC2CCCCCC2)CCNC1. The Morgan fingerprint density at radius 2 is 2.00 bits per heavy atom. The lowest BCUT2D eigenvalue weighted by atomic mass is 10.0. The van der Waals surface area contributed by atoms with Gasteiger partial charge in [0.1, 0.15) is 0 Å². The number of rotatable bonds is 4. The molecule has 92 valence electrons. The van der Waals surface area contributed by atoms with Gasteiger partial charge in [0.15, 0.2) is 0 Å². The number of nitrogens with one attached hydrogen (secondary N) is 2. The molecule has 2 heteroatoms. The Labute approximate surface area is 99.9 Å². The first-order valence-electron chi connectivity index (χ1n) is 7.07. The quantitative estimate of drug-likeness (QED) is 0.564. The average molecular weight is 222 g/mol. The average Bonchev–Trinajstić information content (AvgIpc) is 2.59. The van der Waals surface area contributed by atoms with Crippen LogP contribution in [0.2, 0.25) is 0 Å². The molecule has 1 fully saturated rings. The van der Waals surface area contributed by atoms with Gasteiger partial charge >= 0.3 is 0 Å². The van der Waals surface area contributed by atoms with Crippen LogP contribution >= 0.6 is 0 Å². The Morgan fingerprint density at radius 3 is 2.69 bits per heavy atom. The van der Waals surface area contributed by atoms with Crippen LogP contribution in [0.25, 0.3) is 0 Å². The van der Waals surface area contributed by atoms with E-state index in [0.717, 1.165) is 12.6 Å². The minimum absolute atomic E-state index is 0.810. The Morgan fingerprint density at radius 1 is 1.19 bits per heavy atom. The van der Waals surface area contributed by atoms with Crippen LogP contribution in [-0.4, -0.2) is 25.7 Å². The van der Waals surface area contributed by atoms with E-state index in [4.69, 9.17) is 0 Å². The summed E-state index contributed by atoms with van der Waals surface area (Å²) in [5.74, 6) is 0. The standard InChI is InChI=1S/C14H26N2/c1-2-4-6-14(5-3-1)16-12-9-13-7-10-15-11-8-13/h7,14-16H,1-6,8-12H2. The van der Waals surface area contributed by atoms with Crippen molar-refractivity contribution in [3.8, 4) is 0 Å². The molecular weight excluding hydrogens is 196 g/mol. The van der Waals surface area contributed by atoms with Gasteiger partial charge in [-0.2, -0.15) is 0 Å². The zero-order chi connectivity index (χ0) is 11.1. The predicted octanol–water partition coefficient (Wildman–Crippen LogP) is 2.61. The highest BCUT2D eigenvalue weighted by Gasteiger charge is 2.11. The first kappa shape index (κ1) is 12.1. The van der Waals surface area contributed by atoms with Crippen molar-refractivity contribution in [3.63, 3.8) is 0 Å². The van der Waals surface area contributed by atoms with E-state index in [1.165, 1.54) is 64.5 Å². The van der Waals surface area contributed by atoms with Gasteiger partial charge in [0.2, 0.25) is 0 Å². The van der Waals surface area contributed by atoms with Crippen molar-refractivity contribution in [3.05, 3.63) is 11.6 Å². The smallest absolute Gasteiger partial charge is 0.0137 e. The van der Waals surface area contributed by atoms with Crippen molar-refractivity contribution in [1.82, 2.24) is 10.6 Å². The molecule has 0 saturated heterocycles. The van der Waals surface area contributed by atoms with Crippen LogP contribution in [0, 0.1) is 0 Å². The summed E-state index contributed by atoms with van der Waals surface area (Å²) in [6.07, 6.45) is 13.5. The number of hydrogen-bond donors (Lipinski definition) is 2. The molecule has 1 aliphatic heterocycles. The predicted molar refractivity (Wildman–Crippen MR) is 69.7 cm³/mol. The summed E-state index contributed by atoms with van der Waals surface area (Å²) in [6.45, 7) is 3.45. The van der Waals surface area contributed by atoms with Crippen molar-refractivity contribution in [2.24, 2.45) is 0 Å². The van der Waals surface area contributed by atoms with Crippen molar-refractivity contribution in [2.45, 2.75) is 57.4 Å². The molecule has 2 rings (SSSR count). The lowest BCUT2D eigenvalue weighted by molar-refractivity contribution is 0.460. The van der Waals surface area contributed by atoms with Gasteiger partial charge in [-0.15, -0.1) is 0 Å². The Bertz CT molecular complexity index is 215. The van der Waals surface area contributed by atoms with Crippen LogP contribution in [0.15, 0.2) is 11.6 Å². The molecule has 16 heavy (non-hydrogen) atoms. The van der Waals surface area contributed by atoms with Gasteiger partial charge in [0.25, 0.3) is 0 Å². The molecule has 2 nitrogen and oxygen atoms in total. The molecule has 1 saturated carbocycles. The second kappa shape index (κ2) is 7.08. The molecule has 2 N–H and O–H groups in total. The lowest BCUT2D eigenvalue weighted by Gasteiger charge is -2.18. The molecule has 0 aromatic rings. The summed E-state index contributed by atoms with van der Waals surface area (Å²) in [5.41, 5.74) is 1.65. The Balaban J connectivity index is 1.61. The lowest BCUT2D eigenvalue weighted by Crippen LogP contribution is -2.30. The molecule has 0 radical (unpaired) electrons. The fourth-order valence-electron chi connectivity index (χ4n) is 2.82. The monoisotopic (exact) mass is 222 g/mol. The molecule has 0 unspecified atom stereocenters. The highest BCUT2D eigenvalue weighted by Crippen LogP contribution is 2.17. The van der Waals surface area contributed by atoms with Gasteiger partial charge in [-0.05, 0) is 38.8 Å². The van der Waals surface area contributed by atoms with Crippen LogP contribution in [0.1, 0.15) is 51.4 Å². The van der Waals surface area contributed by atoms with Gasteiger partial charge in [-0.1, -0.05) is 37.3 Å². The molecule has 0 aromatic carbocycles. The molecule has 0 aromatic heterocycles. The topological polar surface area (TPSA) is 24.1 Å². The summed E-state index contributed by atoms with van der Waals surface area (Å²) >= 11 is 0. The van der Waals surface area contributed by atoms with E-state index in [0.29, 0.717) is 0 Å². The third-order valence-electron chi connectivity index (χ3n) is 3.89. The summed E-state index contributed by atoms with van der Waals surface area (Å²) in [4.78, 5) is 0. The van der Waals surface area contributed by atoms with Gasteiger partial charge in [0, 0.05) is 12.6 Å². The van der Waals surface area contributed by atoms with Crippen molar-refractivity contribution in [1.29, 1.82) is 0 Å². The van der Waals surface area contributed by atoms with E-state index >= 15 is 0 Å².